The van der Waals surface area contributed by atoms with Crippen molar-refractivity contribution in [2.75, 3.05) is 12.3 Å². The fourth-order valence-electron chi connectivity index (χ4n) is 3.73. The van der Waals surface area contributed by atoms with Gasteiger partial charge in [-0.2, -0.15) is 0 Å². The van der Waals surface area contributed by atoms with Crippen LogP contribution in [0.15, 0.2) is 42.5 Å². The maximum Gasteiger partial charge on any atom is 0.408 e. The molecule has 0 radical (unpaired) electrons. The van der Waals surface area contributed by atoms with Crippen LogP contribution in [-0.2, 0) is 15.0 Å². The normalized spacial score (nSPS) is 17.8. The van der Waals surface area contributed by atoms with Crippen LogP contribution < -0.4 is 15.8 Å². The Balaban J connectivity index is 1.79. The number of aliphatic hydroxyl groups is 1. The largest absolute Gasteiger partial charge is 0.465 e. The summed E-state index contributed by atoms with van der Waals surface area (Å²) in [5.41, 5.74) is 7.39. The van der Waals surface area contributed by atoms with Crippen molar-refractivity contribution in [3.63, 3.8) is 0 Å². The average molecular weight is 457 g/mol. The van der Waals surface area contributed by atoms with E-state index in [1.54, 1.807) is 18.2 Å². The van der Waals surface area contributed by atoms with Crippen LogP contribution in [0, 0.1) is 0 Å². The van der Waals surface area contributed by atoms with Crippen LogP contribution in [0.25, 0.3) is 0 Å². The molecule has 1 aliphatic heterocycles. The van der Waals surface area contributed by atoms with Gasteiger partial charge in [-0.1, -0.05) is 24.3 Å². The number of ether oxygens (including phenoxy) is 3. The molecule has 0 bridgehead atoms. The second-order valence-corrected chi connectivity index (χ2v) is 9.98. The van der Waals surface area contributed by atoms with E-state index in [1.165, 1.54) is 0 Å². The number of hydrogen-bond acceptors (Lipinski definition) is 6. The molecule has 0 aliphatic carbocycles. The van der Waals surface area contributed by atoms with E-state index in [2.05, 4.69) is 5.32 Å². The van der Waals surface area contributed by atoms with Crippen LogP contribution in [0.3, 0.4) is 0 Å². The van der Waals surface area contributed by atoms with E-state index >= 15 is 0 Å². The molecule has 1 aliphatic rings. The molecule has 2 atom stereocenters. The van der Waals surface area contributed by atoms with Crippen molar-refractivity contribution < 1.29 is 24.1 Å². The number of rotatable bonds is 6. The Morgan fingerprint density at radius 1 is 1.15 bits per heavy atom. The van der Waals surface area contributed by atoms with Crippen molar-refractivity contribution in [2.45, 2.75) is 77.4 Å². The standard InChI is InChI=1S/C26H36N2O5/c1-25(2,3)33-24(30)28-26(4,5)18-10-8-9-17(15-18)23(29)20-16-19(12-13-21(20)27)32-22-11-6-7-14-31-22/h8-10,12-13,15-16,22-23,29H,6-7,11,14,27H2,1-5H3,(H,28,30). The number of carbonyl (C=O) groups excluding carboxylic acids is 1. The number of benzene rings is 2. The zero-order valence-electron chi connectivity index (χ0n) is 20.2. The smallest absolute Gasteiger partial charge is 0.408 e. The number of amides is 1. The summed E-state index contributed by atoms with van der Waals surface area (Å²) in [6.07, 6.45) is 1.20. The van der Waals surface area contributed by atoms with Gasteiger partial charge in [-0.3, -0.25) is 0 Å². The third-order valence-electron chi connectivity index (χ3n) is 5.50. The van der Waals surface area contributed by atoms with E-state index in [4.69, 9.17) is 19.9 Å². The summed E-state index contributed by atoms with van der Waals surface area (Å²) in [7, 11) is 0. The Morgan fingerprint density at radius 3 is 2.58 bits per heavy atom. The van der Waals surface area contributed by atoms with Crippen LogP contribution in [-0.4, -0.2) is 29.7 Å². The molecule has 2 unspecified atom stereocenters. The summed E-state index contributed by atoms with van der Waals surface area (Å²) in [5, 5.41) is 14.0. The molecule has 2 aromatic carbocycles. The van der Waals surface area contributed by atoms with Gasteiger partial charge in [0.15, 0.2) is 6.29 Å². The zero-order valence-corrected chi connectivity index (χ0v) is 20.2. The van der Waals surface area contributed by atoms with Gasteiger partial charge in [-0.25, -0.2) is 4.79 Å². The first-order chi connectivity index (χ1) is 15.4. The van der Waals surface area contributed by atoms with Crippen LogP contribution >= 0.6 is 0 Å². The first-order valence-corrected chi connectivity index (χ1v) is 11.4. The minimum Gasteiger partial charge on any atom is -0.465 e. The topological polar surface area (TPSA) is 103 Å². The molecule has 7 nitrogen and oxygen atoms in total. The molecule has 1 fully saturated rings. The third-order valence-corrected chi connectivity index (χ3v) is 5.50. The molecule has 3 rings (SSSR count). The Hall–Kier alpha value is -2.77. The fourth-order valence-corrected chi connectivity index (χ4v) is 3.73. The van der Waals surface area contributed by atoms with E-state index in [1.807, 2.05) is 58.9 Å². The maximum atomic E-state index is 12.3. The second-order valence-electron chi connectivity index (χ2n) is 9.98. The molecule has 0 saturated carbocycles. The summed E-state index contributed by atoms with van der Waals surface area (Å²) in [5.74, 6) is 0.605. The predicted octanol–water partition coefficient (Wildman–Crippen LogP) is 5.02. The molecule has 1 amide bonds. The van der Waals surface area contributed by atoms with E-state index in [0.29, 0.717) is 29.2 Å². The summed E-state index contributed by atoms with van der Waals surface area (Å²) in [4.78, 5) is 12.3. The molecule has 0 spiro atoms. The molecule has 1 heterocycles. The zero-order chi connectivity index (χ0) is 24.2. The highest BCUT2D eigenvalue weighted by Crippen LogP contribution is 2.33. The Kier molecular flexibility index (Phi) is 7.55. The number of carbonyl (C=O) groups is 1. The highest BCUT2D eigenvalue weighted by molar-refractivity contribution is 5.69. The number of anilines is 1. The summed E-state index contributed by atoms with van der Waals surface area (Å²) in [6, 6.07) is 12.7. The highest BCUT2D eigenvalue weighted by Gasteiger charge is 2.27. The lowest BCUT2D eigenvalue weighted by Gasteiger charge is -2.30. The second kappa shape index (κ2) is 10.0. The minimum absolute atomic E-state index is 0.282. The summed E-state index contributed by atoms with van der Waals surface area (Å²) in [6.45, 7) is 9.91. The van der Waals surface area contributed by atoms with E-state index in [-0.39, 0.29) is 6.29 Å². The summed E-state index contributed by atoms with van der Waals surface area (Å²) < 4.78 is 17.0. The molecule has 4 N–H and O–H groups in total. The lowest BCUT2D eigenvalue weighted by atomic mass is 9.90. The first kappa shape index (κ1) is 24.9. The van der Waals surface area contributed by atoms with Crippen LogP contribution in [0.4, 0.5) is 10.5 Å². The van der Waals surface area contributed by atoms with E-state index < -0.39 is 23.3 Å². The lowest BCUT2D eigenvalue weighted by Crippen LogP contribution is -2.43. The number of hydrogen-bond donors (Lipinski definition) is 3. The molecular weight excluding hydrogens is 420 g/mol. The molecule has 33 heavy (non-hydrogen) atoms. The van der Waals surface area contributed by atoms with Crippen LogP contribution in [0.2, 0.25) is 0 Å². The molecule has 2 aromatic rings. The SMILES string of the molecule is CC(C)(C)OC(=O)NC(C)(C)c1cccc(C(O)c2cc(OC3CCCCO3)ccc2N)c1. The van der Waals surface area contributed by atoms with Gasteiger partial charge < -0.3 is 30.4 Å². The van der Waals surface area contributed by atoms with Crippen molar-refractivity contribution in [1.29, 1.82) is 0 Å². The number of nitrogens with two attached hydrogens (primary N) is 1. The Morgan fingerprint density at radius 2 is 1.91 bits per heavy atom. The maximum absolute atomic E-state index is 12.3. The van der Waals surface area contributed by atoms with Crippen molar-refractivity contribution in [3.8, 4) is 5.75 Å². The Bertz CT molecular complexity index is 961. The van der Waals surface area contributed by atoms with Crippen molar-refractivity contribution in [2.24, 2.45) is 0 Å². The van der Waals surface area contributed by atoms with Gasteiger partial charge in [0.05, 0.1) is 12.1 Å². The molecular formula is C26H36N2O5. The number of nitrogen functional groups attached to an aromatic ring is 1. The van der Waals surface area contributed by atoms with Gasteiger partial charge in [-0.05, 0) is 76.8 Å². The van der Waals surface area contributed by atoms with Gasteiger partial charge >= 0.3 is 6.09 Å². The number of nitrogens with one attached hydrogen (secondary N) is 1. The van der Waals surface area contributed by atoms with Crippen molar-refractivity contribution >= 4 is 11.8 Å². The lowest BCUT2D eigenvalue weighted by molar-refractivity contribution is -0.105. The molecule has 0 aromatic heterocycles. The highest BCUT2D eigenvalue weighted by atomic mass is 16.7. The quantitative estimate of drug-likeness (QED) is 0.528. The number of aliphatic hydroxyl groups excluding tert-OH is 1. The van der Waals surface area contributed by atoms with Crippen molar-refractivity contribution in [1.82, 2.24) is 5.32 Å². The van der Waals surface area contributed by atoms with Gasteiger partial charge in [0.2, 0.25) is 0 Å². The third kappa shape index (κ3) is 6.85. The van der Waals surface area contributed by atoms with Crippen LogP contribution in [0.1, 0.15) is 76.7 Å². The van der Waals surface area contributed by atoms with Gasteiger partial charge in [-0.15, -0.1) is 0 Å². The van der Waals surface area contributed by atoms with Gasteiger partial charge in [0.1, 0.15) is 17.5 Å². The number of alkyl carbamates (subject to hydrolysis) is 1. The molecule has 1 saturated heterocycles. The predicted molar refractivity (Wildman–Crippen MR) is 128 cm³/mol. The van der Waals surface area contributed by atoms with Gasteiger partial charge in [0.25, 0.3) is 0 Å². The fraction of sp³-hybridized carbons (Fsp3) is 0.500. The van der Waals surface area contributed by atoms with E-state index in [9.17, 15) is 9.90 Å². The van der Waals surface area contributed by atoms with E-state index in [0.717, 1.165) is 24.8 Å². The van der Waals surface area contributed by atoms with Crippen molar-refractivity contribution in [3.05, 3.63) is 59.2 Å². The first-order valence-electron chi connectivity index (χ1n) is 11.4. The van der Waals surface area contributed by atoms with Gasteiger partial charge in [0, 0.05) is 17.7 Å². The average Bonchev–Trinajstić information content (AvgIpc) is 2.73. The molecule has 180 valence electrons. The molecule has 7 heteroatoms. The summed E-state index contributed by atoms with van der Waals surface area (Å²) >= 11 is 0. The minimum atomic E-state index is -0.960. The monoisotopic (exact) mass is 456 g/mol. The van der Waals surface area contributed by atoms with Crippen LogP contribution in [0.5, 0.6) is 5.75 Å². The Labute approximate surface area is 196 Å².